The summed E-state index contributed by atoms with van der Waals surface area (Å²) >= 11 is 3.45. The van der Waals surface area contributed by atoms with Crippen molar-refractivity contribution in [3.63, 3.8) is 0 Å². The van der Waals surface area contributed by atoms with Gasteiger partial charge in [0.1, 0.15) is 5.82 Å². The Morgan fingerprint density at radius 3 is 2.86 bits per heavy atom. The van der Waals surface area contributed by atoms with Gasteiger partial charge in [0.05, 0.1) is 22.7 Å². The average molecular weight is 341 g/mol. The van der Waals surface area contributed by atoms with Gasteiger partial charge in [0.25, 0.3) is 0 Å². The SMILES string of the molecule is CCCn1c(-c2cncc(Br)c2)nc2cc(C#N)ccc21. The van der Waals surface area contributed by atoms with Crippen molar-refractivity contribution >= 4 is 27.0 Å². The average Bonchev–Trinajstić information content (AvgIpc) is 2.85. The van der Waals surface area contributed by atoms with E-state index >= 15 is 0 Å². The predicted molar refractivity (Wildman–Crippen MR) is 85.7 cm³/mol. The molecule has 0 atom stereocenters. The van der Waals surface area contributed by atoms with Crippen LogP contribution in [-0.4, -0.2) is 14.5 Å². The molecule has 3 aromatic rings. The monoisotopic (exact) mass is 340 g/mol. The van der Waals surface area contributed by atoms with Gasteiger partial charge in [-0.25, -0.2) is 4.98 Å². The number of nitrogens with zero attached hydrogens (tertiary/aromatic N) is 4. The van der Waals surface area contributed by atoms with Gasteiger partial charge in [-0.15, -0.1) is 0 Å². The fourth-order valence-corrected chi connectivity index (χ4v) is 2.77. The molecule has 104 valence electrons. The van der Waals surface area contributed by atoms with Crippen molar-refractivity contribution in [2.24, 2.45) is 0 Å². The molecular weight excluding hydrogens is 328 g/mol. The Balaban J connectivity index is 2.26. The minimum absolute atomic E-state index is 0.627. The molecule has 2 aromatic heterocycles. The highest BCUT2D eigenvalue weighted by atomic mass is 79.9. The van der Waals surface area contributed by atoms with Gasteiger partial charge in [-0.2, -0.15) is 5.26 Å². The minimum atomic E-state index is 0.627. The van der Waals surface area contributed by atoms with Gasteiger partial charge in [-0.3, -0.25) is 4.98 Å². The van der Waals surface area contributed by atoms with E-state index in [4.69, 9.17) is 10.2 Å². The maximum Gasteiger partial charge on any atom is 0.142 e. The lowest BCUT2D eigenvalue weighted by atomic mass is 10.2. The molecule has 0 bridgehead atoms. The van der Waals surface area contributed by atoms with E-state index in [0.717, 1.165) is 39.9 Å². The summed E-state index contributed by atoms with van der Waals surface area (Å²) in [5, 5.41) is 9.03. The first-order valence-electron chi connectivity index (χ1n) is 6.74. The largest absolute Gasteiger partial charge is 0.324 e. The molecule has 0 aliphatic rings. The van der Waals surface area contributed by atoms with Crippen LogP contribution in [0, 0.1) is 11.3 Å². The van der Waals surface area contributed by atoms with E-state index in [1.807, 2.05) is 30.5 Å². The summed E-state index contributed by atoms with van der Waals surface area (Å²) in [6.45, 7) is 3.02. The van der Waals surface area contributed by atoms with Crippen molar-refractivity contribution in [1.29, 1.82) is 5.26 Å². The van der Waals surface area contributed by atoms with Crippen LogP contribution >= 0.6 is 15.9 Å². The zero-order valence-corrected chi connectivity index (χ0v) is 13.1. The van der Waals surface area contributed by atoms with E-state index < -0.39 is 0 Å². The van der Waals surface area contributed by atoms with Gasteiger partial charge in [-0.05, 0) is 46.6 Å². The lowest BCUT2D eigenvalue weighted by Gasteiger charge is -2.07. The Labute approximate surface area is 131 Å². The summed E-state index contributed by atoms with van der Waals surface area (Å²) < 4.78 is 3.10. The Hall–Kier alpha value is -2.19. The molecule has 5 heteroatoms. The van der Waals surface area contributed by atoms with E-state index in [9.17, 15) is 0 Å². The molecule has 0 saturated carbocycles. The van der Waals surface area contributed by atoms with E-state index in [2.05, 4.69) is 38.5 Å². The van der Waals surface area contributed by atoms with Crippen LogP contribution in [-0.2, 0) is 6.54 Å². The van der Waals surface area contributed by atoms with Crippen LogP contribution in [0.3, 0.4) is 0 Å². The molecule has 2 heterocycles. The number of hydrogen-bond acceptors (Lipinski definition) is 3. The normalized spacial score (nSPS) is 10.7. The predicted octanol–water partition coefficient (Wildman–Crippen LogP) is 4.14. The quantitative estimate of drug-likeness (QED) is 0.719. The van der Waals surface area contributed by atoms with E-state index in [-0.39, 0.29) is 0 Å². The molecule has 0 unspecified atom stereocenters. The maximum absolute atomic E-state index is 9.03. The van der Waals surface area contributed by atoms with Crippen LogP contribution in [0.5, 0.6) is 0 Å². The van der Waals surface area contributed by atoms with Crippen LogP contribution in [0.2, 0.25) is 0 Å². The fourth-order valence-electron chi connectivity index (χ4n) is 2.40. The van der Waals surface area contributed by atoms with Gasteiger partial charge in [-0.1, -0.05) is 6.92 Å². The van der Waals surface area contributed by atoms with E-state index in [1.54, 1.807) is 6.20 Å². The smallest absolute Gasteiger partial charge is 0.142 e. The summed E-state index contributed by atoms with van der Waals surface area (Å²) in [4.78, 5) is 8.92. The zero-order chi connectivity index (χ0) is 14.8. The lowest BCUT2D eigenvalue weighted by molar-refractivity contribution is 0.704. The Bertz CT molecular complexity index is 845. The van der Waals surface area contributed by atoms with Crippen molar-refractivity contribution < 1.29 is 0 Å². The lowest BCUT2D eigenvalue weighted by Crippen LogP contribution is -2.00. The van der Waals surface area contributed by atoms with E-state index in [1.165, 1.54) is 0 Å². The number of imidazole rings is 1. The summed E-state index contributed by atoms with van der Waals surface area (Å²) in [7, 11) is 0. The molecule has 3 rings (SSSR count). The number of aromatic nitrogens is 3. The third-order valence-corrected chi connectivity index (χ3v) is 3.72. The van der Waals surface area contributed by atoms with E-state index in [0.29, 0.717) is 5.56 Å². The molecule has 0 aliphatic heterocycles. The maximum atomic E-state index is 9.03. The van der Waals surface area contributed by atoms with Crippen LogP contribution in [0.25, 0.3) is 22.4 Å². The first-order chi connectivity index (χ1) is 10.2. The van der Waals surface area contributed by atoms with Gasteiger partial charge in [0.2, 0.25) is 0 Å². The van der Waals surface area contributed by atoms with Gasteiger partial charge >= 0.3 is 0 Å². The van der Waals surface area contributed by atoms with Crippen molar-refractivity contribution in [3.05, 3.63) is 46.7 Å². The number of hydrogen-bond donors (Lipinski definition) is 0. The molecule has 0 aliphatic carbocycles. The van der Waals surface area contributed by atoms with Crippen molar-refractivity contribution in [2.75, 3.05) is 0 Å². The number of fused-ring (bicyclic) bond motifs is 1. The van der Waals surface area contributed by atoms with Crippen molar-refractivity contribution in [1.82, 2.24) is 14.5 Å². The topological polar surface area (TPSA) is 54.5 Å². The second kappa shape index (κ2) is 5.66. The molecular formula is C16H13BrN4. The van der Waals surface area contributed by atoms with Crippen LogP contribution < -0.4 is 0 Å². The Kier molecular flexibility index (Phi) is 3.72. The summed E-state index contributed by atoms with van der Waals surface area (Å²) in [5.74, 6) is 0.885. The number of rotatable bonds is 3. The molecule has 0 fully saturated rings. The van der Waals surface area contributed by atoms with Crippen LogP contribution in [0.4, 0.5) is 0 Å². The molecule has 21 heavy (non-hydrogen) atoms. The highest BCUT2D eigenvalue weighted by molar-refractivity contribution is 9.10. The minimum Gasteiger partial charge on any atom is -0.324 e. The Morgan fingerprint density at radius 1 is 1.29 bits per heavy atom. The Morgan fingerprint density at radius 2 is 2.14 bits per heavy atom. The number of aryl methyl sites for hydroxylation is 1. The second-order valence-electron chi connectivity index (χ2n) is 4.79. The highest BCUT2D eigenvalue weighted by Gasteiger charge is 2.13. The molecule has 0 saturated heterocycles. The number of nitriles is 1. The molecule has 0 spiro atoms. The second-order valence-corrected chi connectivity index (χ2v) is 5.71. The van der Waals surface area contributed by atoms with Gasteiger partial charge in [0.15, 0.2) is 0 Å². The number of halogens is 1. The number of benzene rings is 1. The molecule has 0 radical (unpaired) electrons. The molecule has 0 N–H and O–H groups in total. The summed E-state index contributed by atoms with van der Waals surface area (Å²) in [6.07, 6.45) is 4.58. The van der Waals surface area contributed by atoms with Gasteiger partial charge < -0.3 is 4.57 Å². The summed E-state index contributed by atoms with van der Waals surface area (Å²) in [5.41, 5.74) is 3.48. The number of pyridine rings is 1. The standard InChI is InChI=1S/C16H13BrN4/c1-2-5-21-15-4-3-11(8-18)6-14(15)20-16(21)12-7-13(17)10-19-9-12/h3-4,6-7,9-10H,2,5H2,1H3. The third kappa shape index (κ3) is 2.55. The summed E-state index contributed by atoms with van der Waals surface area (Å²) in [6, 6.07) is 9.79. The zero-order valence-electron chi connectivity index (χ0n) is 11.5. The van der Waals surface area contributed by atoms with Crippen molar-refractivity contribution in [2.45, 2.75) is 19.9 Å². The van der Waals surface area contributed by atoms with Crippen molar-refractivity contribution in [3.8, 4) is 17.5 Å². The van der Waals surface area contributed by atoms with Crippen LogP contribution in [0.1, 0.15) is 18.9 Å². The fraction of sp³-hybridized carbons (Fsp3) is 0.188. The highest BCUT2D eigenvalue weighted by Crippen LogP contribution is 2.27. The molecule has 4 nitrogen and oxygen atoms in total. The molecule has 1 aromatic carbocycles. The first-order valence-corrected chi connectivity index (χ1v) is 7.53. The van der Waals surface area contributed by atoms with Crippen LogP contribution in [0.15, 0.2) is 41.1 Å². The third-order valence-electron chi connectivity index (χ3n) is 3.29. The first kappa shape index (κ1) is 13.8. The molecule has 0 amide bonds. The van der Waals surface area contributed by atoms with Gasteiger partial charge in [0, 0.05) is 29.0 Å².